The van der Waals surface area contributed by atoms with Crippen LogP contribution in [0.25, 0.3) is 39.0 Å². The largest absolute Gasteiger partial charge is 0.376 e. The van der Waals surface area contributed by atoms with E-state index in [1.165, 1.54) is 0 Å². The molecule has 8 nitrogen and oxygen atoms in total. The van der Waals surface area contributed by atoms with Crippen LogP contribution in [0.1, 0.15) is 5.56 Å². The highest BCUT2D eigenvalue weighted by Crippen LogP contribution is 2.33. The van der Waals surface area contributed by atoms with Crippen molar-refractivity contribution in [2.45, 2.75) is 19.6 Å². The number of benzene rings is 1. The molecular formula is C25H22ClN5O3. The fourth-order valence-corrected chi connectivity index (χ4v) is 4.90. The molecule has 0 saturated carbocycles. The van der Waals surface area contributed by atoms with Gasteiger partial charge in [0.2, 0.25) is 0 Å². The minimum atomic E-state index is -0.205. The van der Waals surface area contributed by atoms with E-state index in [2.05, 4.69) is 9.97 Å². The number of hydrogen-bond acceptors (Lipinski definition) is 5. The molecule has 9 heteroatoms. The summed E-state index contributed by atoms with van der Waals surface area (Å²) in [7, 11) is 0. The van der Waals surface area contributed by atoms with Gasteiger partial charge < -0.3 is 14.5 Å². The second-order valence-corrected chi connectivity index (χ2v) is 8.76. The van der Waals surface area contributed by atoms with Gasteiger partial charge in [0.25, 0.3) is 0 Å². The minimum Gasteiger partial charge on any atom is -0.376 e. The molecule has 0 spiro atoms. The first-order valence-electron chi connectivity index (χ1n) is 11.1. The Hall–Kier alpha value is -3.46. The number of hydrogen-bond donors (Lipinski definition) is 1. The van der Waals surface area contributed by atoms with E-state index in [9.17, 15) is 4.79 Å². The average Bonchev–Trinajstić information content (AvgIpc) is 3.38. The maximum atomic E-state index is 13.6. The van der Waals surface area contributed by atoms with Crippen LogP contribution in [0.3, 0.4) is 0 Å². The summed E-state index contributed by atoms with van der Waals surface area (Å²) in [6, 6.07) is 11.5. The summed E-state index contributed by atoms with van der Waals surface area (Å²) in [6.45, 7) is 3.92. The van der Waals surface area contributed by atoms with E-state index < -0.39 is 0 Å². The Labute approximate surface area is 199 Å². The number of nitrogens with zero attached hydrogens (tertiary/aromatic N) is 4. The van der Waals surface area contributed by atoms with E-state index in [4.69, 9.17) is 26.1 Å². The highest BCUT2D eigenvalue weighted by Gasteiger charge is 2.22. The molecule has 1 N–H and O–H groups in total. The Morgan fingerprint density at radius 3 is 2.82 bits per heavy atom. The number of aryl methyl sites for hydroxylation is 1. The van der Waals surface area contributed by atoms with Crippen LogP contribution in [-0.4, -0.2) is 50.0 Å². The number of ether oxygens (including phenoxy) is 2. The van der Waals surface area contributed by atoms with Crippen molar-refractivity contribution < 1.29 is 9.47 Å². The molecule has 4 aromatic heterocycles. The van der Waals surface area contributed by atoms with Gasteiger partial charge in [-0.1, -0.05) is 29.8 Å². The number of aromatic nitrogens is 5. The second kappa shape index (κ2) is 8.39. The molecule has 1 saturated heterocycles. The summed E-state index contributed by atoms with van der Waals surface area (Å²) in [5, 5.41) is 1.50. The molecule has 172 valence electrons. The van der Waals surface area contributed by atoms with E-state index in [0.29, 0.717) is 37.0 Å². The SMILES string of the molecule is Cc1c(-c2cnc3c(c2)n(C[C@H]2COCCO2)c(=O)n3-c2ccccc2)cnc2[nH]cc(Cl)c12. The Morgan fingerprint density at radius 2 is 2.03 bits per heavy atom. The maximum absolute atomic E-state index is 13.6. The van der Waals surface area contributed by atoms with Gasteiger partial charge in [0, 0.05) is 35.1 Å². The summed E-state index contributed by atoms with van der Waals surface area (Å²) in [4.78, 5) is 26.0. The van der Waals surface area contributed by atoms with Crippen molar-refractivity contribution in [3.05, 3.63) is 76.1 Å². The summed E-state index contributed by atoms with van der Waals surface area (Å²) < 4.78 is 14.8. The lowest BCUT2D eigenvalue weighted by Gasteiger charge is -2.23. The Bertz CT molecular complexity index is 1560. The zero-order valence-electron chi connectivity index (χ0n) is 18.5. The zero-order chi connectivity index (χ0) is 23.2. The van der Waals surface area contributed by atoms with Gasteiger partial charge in [-0.2, -0.15) is 0 Å². The maximum Gasteiger partial charge on any atom is 0.335 e. The van der Waals surface area contributed by atoms with Gasteiger partial charge >= 0.3 is 5.69 Å². The number of nitrogens with one attached hydrogen (secondary N) is 1. The van der Waals surface area contributed by atoms with Crippen LogP contribution in [0, 0.1) is 6.92 Å². The first-order valence-corrected chi connectivity index (χ1v) is 11.5. The van der Waals surface area contributed by atoms with Gasteiger partial charge in [0.1, 0.15) is 5.65 Å². The van der Waals surface area contributed by atoms with E-state index in [1.807, 2.05) is 49.5 Å². The van der Waals surface area contributed by atoms with Crippen LogP contribution in [0.15, 0.2) is 59.8 Å². The van der Waals surface area contributed by atoms with Crippen LogP contribution in [0.2, 0.25) is 5.02 Å². The van der Waals surface area contributed by atoms with Crippen LogP contribution in [0.5, 0.6) is 0 Å². The van der Waals surface area contributed by atoms with Crippen LogP contribution in [-0.2, 0) is 16.0 Å². The molecule has 0 aliphatic carbocycles. The third-order valence-electron chi connectivity index (χ3n) is 6.28. The predicted molar refractivity (Wildman–Crippen MR) is 131 cm³/mol. The fourth-order valence-electron chi connectivity index (χ4n) is 4.61. The number of halogens is 1. The van der Waals surface area contributed by atoms with Crippen LogP contribution >= 0.6 is 11.6 Å². The normalized spacial score (nSPS) is 16.5. The number of fused-ring (bicyclic) bond motifs is 2. The lowest BCUT2D eigenvalue weighted by atomic mass is 10.0. The van der Waals surface area contributed by atoms with Crippen molar-refractivity contribution in [1.82, 2.24) is 24.1 Å². The van der Waals surface area contributed by atoms with Gasteiger partial charge in [-0.25, -0.2) is 19.3 Å². The zero-order valence-corrected chi connectivity index (χ0v) is 19.2. The van der Waals surface area contributed by atoms with Crippen molar-refractivity contribution >= 4 is 33.8 Å². The fraction of sp³-hybridized carbons (Fsp3) is 0.240. The number of pyridine rings is 2. The van der Waals surface area contributed by atoms with Crippen molar-refractivity contribution in [3.8, 4) is 16.8 Å². The second-order valence-electron chi connectivity index (χ2n) is 8.36. The lowest BCUT2D eigenvalue weighted by Crippen LogP contribution is -2.35. The van der Waals surface area contributed by atoms with Crippen LogP contribution in [0.4, 0.5) is 0 Å². The smallest absolute Gasteiger partial charge is 0.335 e. The molecule has 34 heavy (non-hydrogen) atoms. The van der Waals surface area contributed by atoms with Gasteiger partial charge in [-0.05, 0) is 30.7 Å². The van der Waals surface area contributed by atoms with Crippen molar-refractivity contribution in [3.63, 3.8) is 0 Å². The molecule has 0 amide bonds. The number of H-pyrrole nitrogens is 1. The molecule has 0 bridgehead atoms. The predicted octanol–water partition coefficient (Wildman–Crippen LogP) is 4.11. The van der Waals surface area contributed by atoms with Gasteiger partial charge in [0.15, 0.2) is 5.65 Å². The monoisotopic (exact) mass is 475 g/mol. The van der Waals surface area contributed by atoms with E-state index in [1.54, 1.807) is 21.5 Å². The Balaban J connectivity index is 1.55. The van der Waals surface area contributed by atoms with Gasteiger partial charge in [-0.15, -0.1) is 0 Å². The molecule has 5 aromatic rings. The van der Waals surface area contributed by atoms with Gasteiger partial charge in [-0.3, -0.25) is 4.57 Å². The first kappa shape index (κ1) is 21.1. The molecule has 1 aliphatic rings. The number of aromatic amines is 1. The molecule has 1 aromatic carbocycles. The lowest BCUT2D eigenvalue weighted by molar-refractivity contribution is -0.0935. The summed E-state index contributed by atoms with van der Waals surface area (Å²) >= 11 is 6.40. The summed E-state index contributed by atoms with van der Waals surface area (Å²) in [5.41, 5.74) is 5.40. The van der Waals surface area contributed by atoms with E-state index in [0.717, 1.165) is 38.9 Å². The van der Waals surface area contributed by atoms with Crippen molar-refractivity contribution in [1.29, 1.82) is 0 Å². The summed E-state index contributed by atoms with van der Waals surface area (Å²) in [5.74, 6) is 0. The minimum absolute atomic E-state index is 0.168. The summed E-state index contributed by atoms with van der Waals surface area (Å²) in [6.07, 6.45) is 5.12. The third-order valence-corrected chi connectivity index (χ3v) is 6.58. The number of imidazole rings is 1. The standard InChI is InChI=1S/C25H22ClN5O3/c1-15-19(11-27-23-22(15)20(26)12-28-23)16-9-21-24(29-10-16)31(17-5-3-2-4-6-17)25(32)30(21)13-18-14-33-7-8-34-18/h2-6,9-12,18H,7-8,13-14H2,1H3,(H,27,28)/t18-/m0/s1. The molecule has 1 aliphatic heterocycles. The molecule has 0 unspecified atom stereocenters. The van der Waals surface area contributed by atoms with Crippen LogP contribution < -0.4 is 5.69 Å². The quantitative estimate of drug-likeness (QED) is 0.422. The average molecular weight is 476 g/mol. The van der Waals surface area contributed by atoms with E-state index >= 15 is 0 Å². The number of rotatable bonds is 4. The highest BCUT2D eigenvalue weighted by atomic mass is 35.5. The topological polar surface area (TPSA) is 87.0 Å². The van der Waals surface area contributed by atoms with Crippen molar-refractivity contribution in [2.75, 3.05) is 19.8 Å². The molecule has 5 heterocycles. The Kier molecular flexibility index (Phi) is 5.21. The Morgan fingerprint density at radius 1 is 1.18 bits per heavy atom. The molecule has 0 radical (unpaired) electrons. The van der Waals surface area contributed by atoms with Crippen molar-refractivity contribution in [2.24, 2.45) is 0 Å². The highest BCUT2D eigenvalue weighted by molar-refractivity contribution is 6.35. The number of para-hydroxylation sites is 1. The molecule has 1 fully saturated rings. The molecular weight excluding hydrogens is 454 g/mol. The van der Waals surface area contributed by atoms with E-state index in [-0.39, 0.29) is 11.8 Å². The van der Waals surface area contributed by atoms with Gasteiger partial charge in [0.05, 0.1) is 48.7 Å². The first-order chi connectivity index (χ1) is 16.6. The third kappa shape index (κ3) is 3.42. The molecule has 1 atom stereocenters. The molecule has 6 rings (SSSR count).